The minimum atomic E-state index is 0.594. The highest BCUT2D eigenvalue weighted by atomic mass is 32.1. The Kier molecular flexibility index (Phi) is 2.81. The Morgan fingerprint density at radius 3 is 3.12 bits per heavy atom. The van der Waals surface area contributed by atoms with E-state index in [1.807, 2.05) is 6.07 Å². The van der Waals surface area contributed by atoms with Crippen molar-refractivity contribution in [3.8, 4) is 5.88 Å². The van der Waals surface area contributed by atoms with Gasteiger partial charge in [-0.2, -0.15) is 5.10 Å². The normalized spacial score (nSPS) is 13.7. The molecule has 3 rings (SSSR count). The lowest BCUT2D eigenvalue weighted by Gasteiger charge is -2.05. The van der Waals surface area contributed by atoms with Crippen LogP contribution in [-0.2, 0) is 19.4 Å². The van der Waals surface area contributed by atoms with E-state index >= 15 is 0 Å². The van der Waals surface area contributed by atoms with Crippen LogP contribution in [0.3, 0.4) is 0 Å². The number of aryl methyl sites for hydroxylation is 3. The molecule has 0 fully saturated rings. The fourth-order valence-corrected chi connectivity index (χ4v) is 2.89. The summed E-state index contributed by atoms with van der Waals surface area (Å²) in [6.07, 6.45) is 3.36. The molecule has 3 nitrogen and oxygen atoms in total. The fraction of sp³-hybridized carbons (Fsp3) is 0.385. The smallest absolute Gasteiger partial charge is 0.234 e. The van der Waals surface area contributed by atoms with E-state index in [0.29, 0.717) is 12.5 Å². The lowest BCUT2D eigenvalue weighted by atomic mass is 10.2. The van der Waals surface area contributed by atoms with Crippen LogP contribution in [0.2, 0.25) is 0 Å². The van der Waals surface area contributed by atoms with E-state index in [9.17, 15) is 0 Å². The number of rotatable bonds is 3. The first-order valence-corrected chi connectivity index (χ1v) is 6.72. The largest absolute Gasteiger partial charge is 0.471 e. The third-order valence-electron chi connectivity index (χ3n) is 3.12. The van der Waals surface area contributed by atoms with Crippen LogP contribution in [0, 0.1) is 6.92 Å². The number of hydrogen-bond acceptors (Lipinski definition) is 4. The maximum absolute atomic E-state index is 5.69. The number of ether oxygens (including phenoxy) is 1. The fourth-order valence-electron chi connectivity index (χ4n) is 2.07. The summed E-state index contributed by atoms with van der Waals surface area (Å²) in [6.45, 7) is 2.69. The summed E-state index contributed by atoms with van der Waals surface area (Å²) in [4.78, 5) is 1.26. The van der Waals surface area contributed by atoms with Gasteiger partial charge in [0.1, 0.15) is 6.61 Å². The van der Waals surface area contributed by atoms with Gasteiger partial charge in [-0.3, -0.25) is 0 Å². The summed E-state index contributed by atoms with van der Waals surface area (Å²) in [6, 6.07) is 4.15. The molecule has 2 aromatic heterocycles. The Hall–Kier alpha value is -1.42. The minimum absolute atomic E-state index is 0.594. The van der Waals surface area contributed by atoms with Gasteiger partial charge in [0.15, 0.2) is 0 Å². The topological polar surface area (TPSA) is 35.0 Å². The number of fused-ring (bicyclic) bond motifs is 1. The summed E-state index contributed by atoms with van der Waals surface area (Å²) >= 11 is 1.72. The van der Waals surface area contributed by atoms with Crippen LogP contribution in [0.25, 0.3) is 0 Å². The summed E-state index contributed by atoms with van der Waals surface area (Å²) in [5, 5.41) is 10.4. The van der Waals surface area contributed by atoms with Gasteiger partial charge in [-0.15, -0.1) is 16.4 Å². The SMILES string of the molecule is Cc1ccsc1COc1cc2c(nn1)CCC2. The van der Waals surface area contributed by atoms with E-state index in [-0.39, 0.29) is 0 Å². The van der Waals surface area contributed by atoms with Gasteiger partial charge in [0.25, 0.3) is 0 Å². The number of aromatic nitrogens is 2. The quantitative estimate of drug-likeness (QED) is 0.835. The second kappa shape index (κ2) is 4.45. The highest BCUT2D eigenvalue weighted by Crippen LogP contribution is 2.23. The molecule has 88 valence electrons. The highest BCUT2D eigenvalue weighted by molar-refractivity contribution is 7.10. The van der Waals surface area contributed by atoms with Crippen LogP contribution in [0.1, 0.15) is 28.1 Å². The van der Waals surface area contributed by atoms with Crippen LogP contribution in [0.15, 0.2) is 17.5 Å². The first-order chi connectivity index (χ1) is 8.33. The average molecular weight is 246 g/mol. The third-order valence-corrected chi connectivity index (χ3v) is 4.11. The highest BCUT2D eigenvalue weighted by Gasteiger charge is 2.14. The van der Waals surface area contributed by atoms with Gasteiger partial charge in [-0.05, 0) is 48.8 Å². The van der Waals surface area contributed by atoms with Crippen molar-refractivity contribution in [2.75, 3.05) is 0 Å². The molecule has 0 radical (unpaired) electrons. The molecule has 1 aliphatic rings. The second-order valence-electron chi connectivity index (χ2n) is 4.32. The third kappa shape index (κ3) is 2.17. The van der Waals surface area contributed by atoms with Crippen molar-refractivity contribution in [1.29, 1.82) is 0 Å². The van der Waals surface area contributed by atoms with Crippen LogP contribution in [0.5, 0.6) is 5.88 Å². The van der Waals surface area contributed by atoms with Gasteiger partial charge < -0.3 is 4.74 Å². The van der Waals surface area contributed by atoms with E-state index in [2.05, 4.69) is 28.6 Å². The molecule has 0 unspecified atom stereocenters. The van der Waals surface area contributed by atoms with Gasteiger partial charge >= 0.3 is 0 Å². The van der Waals surface area contributed by atoms with E-state index in [4.69, 9.17) is 4.74 Å². The molecule has 0 N–H and O–H groups in total. The molecule has 4 heteroatoms. The standard InChI is InChI=1S/C13H14N2OS/c1-9-5-6-17-12(9)8-16-13-7-10-3-2-4-11(10)14-15-13/h5-7H,2-4,8H2,1H3. The average Bonchev–Trinajstić information content (AvgIpc) is 2.94. The Morgan fingerprint density at radius 1 is 1.35 bits per heavy atom. The molecule has 0 saturated carbocycles. The monoisotopic (exact) mass is 246 g/mol. The Morgan fingerprint density at radius 2 is 2.29 bits per heavy atom. The van der Waals surface area contributed by atoms with Gasteiger partial charge in [0, 0.05) is 10.9 Å². The first kappa shape index (κ1) is 10.7. The zero-order valence-corrected chi connectivity index (χ0v) is 10.6. The van der Waals surface area contributed by atoms with Crippen LogP contribution in [0.4, 0.5) is 0 Å². The molecular formula is C13H14N2OS. The zero-order valence-electron chi connectivity index (χ0n) is 9.77. The van der Waals surface area contributed by atoms with Crippen LogP contribution in [-0.4, -0.2) is 10.2 Å². The summed E-state index contributed by atoms with van der Waals surface area (Å²) in [5.41, 5.74) is 3.73. The van der Waals surface area contributed by atoms with Crippen molar-refractivity contribution in [2.45, 2.75) is 32.8 Å². The van der Waals surface area contributed by atoms with Gasteiger partial charge in [-0.1, -0.05) is 0 Å². The van der Waals surface area contributed by atoms with Crippen molar-refractivity contribution in [3.63, 3.8) is 0 Å². The lowest BCUT2D eigenvalue weighted by Crippen LogP contribution is -2.00. The van der Waals surface area contributed by atoms with Gasteiger partial charge in [-0.25, -0.2) is 0 Å². The number of thiophene rings is 1. The van der Waals surface area contributed by atoms with E-state index in [1.54, 1.807) is 11.3 Å². The molecule has 0 aromatic carbocycles. The predicted molar refractivity (Wildman–Crippen MR) is 67.4 cm³/mol. The van der Waals surface area contributed by atoms with Crippen molar-refractivity contribution < 1.29 is 4.74 Å². The molecule has 17 heavy (non-hydrogen) atoms. The molecule has 0 bridgehead atoms. The molecule has 0 atom stereocenters. The van der Waals surface area contributed by atoms with Crippen LogP contribution >= 0.6 is 11.3 Å². The molecular weight excluding hydrogens is 232 g/mol. The molecule has 1 aliphatic carbocycles. The molecule has 0 spiro atoms. The molecule has 0 saturated heterocycles. The Bertz CT molecular complexity index is 536. The van der Waals surface area contributed by atoms with Crippen molar-refractivity contribution in [3.05, 3.63) is 39.2 Å². The Balaban J connectivity index is 1.72. The molecule has 2 aromatic rings. The number of hydrogen-bond donors (Lipinski definition) is 0. The lowest BCUT2D eigenvalue weighted by molar-refractivity contribution is 0.292. The zero-order chi connectivity index (χ0) is 11.7. The summed E-state index contributed by atoms with van der Waals surface area (Å²) in [7, 11) is 0. The predicted octanol–water partition coefficient (Wildman–Crippen LogP) is 2.91. The van der Waals surface area contributed by atoms with Gasteiger partial charge in [0.2, 0.25) is 5.88 Å². The van der Waals surface area contributed by atoms with Crippen LogP contribution < -0.4 is 4.74 Å². The van der Waals surface area contributed by atoms with Crippen molar-refractivity contribution in [2.24, 2.45) is 0 Å². The first-order valence-electron chi connectivity index (χ1n) is 5.84. The van der Waals surface area contributed by atoms with E-state index in [1.165, 1.54) is 22.4 Å². The summed E-state index contributed by atoms with van der Waals surface area (Å²) in [5.74, 6) is 0.651. The van der Waals surface area contributed by atoms with Crippen molar-refractivity contribution in [1.82, 2.24) is 10.2 Å². The maximum atomic E-state index is 5.69. The van der Waals surface area contributed by atoms with E-state index in [0.717, 1.165) is 18.5 Å². The number of nitrogens with zero attached hydrogens (tertiary/aromatic N) is 2. The molecule has 0 aliphatic heterocycles. The van der Waals surface area contributed by atoms with E-state index < -0.39 is 0 Å². The van der Waals surface area contributed by atoms with Crippen molar-refractivity contribution >= 4 is 11.3 Å². The molecule has 0 amide bonds. The second-order valence-corrected chi connectivity index (χ2v) is 5.32. The minimum Gasteiger partial charge on any atom is -0.471 e. The van der Waals surface area contributed by atoms with Gasteiger partial charge in [0.05, 0.1) is 5.69 Å². The summed E-state index contributed by atoms with van der Waals surface area (Å²) < 4.78 is 5.69. The molecule has 2 heterocycles. The Labute approximate surface area is 104 Å². The maximum Gasteiger partial charge on any atom is 0.234 e.